The summed E-state index contributed by atoms with van der Waals surface area (Å²) in [5, 5.41) is 5.18. The van der Waals surface area contributed by atoms with Crippen molar-refractivity contribution in [3.05, 3.63) is 34.3 Å². The van der Waals surface area contributed by atoms with Crippen LogP contribution in [0.3, 0.4) is 0 Å². The lowest BCUT2D eigenvalue weighted by Gasteiger charge is -2.34. The average Bonchev–Trinajstić information content (AvgIpc) is 3.02. The quantitative estimate of drug-likeness (QED) is 0.868. The number of amides is 1. The monoisotopic (exact) mass is 342 g/mol. The number of likely N-dealkylation sites (tertiary alicyclic amines) is 1. The fourth-order valence-corrected chi connectivity index (χ4v) is 3.51. The molecule has 1 fully saturated rings. The second-order valence-corrected chi connectivity index (χ2v) is 6.96. The van der Waals surface area contributed by atoms with Gasteiger partial charge in [-0.2, -0.15) is 5.10 Å². The van der Waals surface area contributed by atoms with Crippen molar-refractivity contribution < 1.29 is 4.79 Å². The summed E-state index contributed by atoms with van der Waals surface area (Å²) >= 11 is 0. The Labute approximate surface area is 147 Å². The van der Waals surface area contributed by atoms with Crippen LogP contribution in [0.2, 0.25) is 0 Å². The smallest absolute Gasteiger partial charge is 0.256 e. The van der Waals surface area contributed by atoms with Gasteiger partial charge < -0.3 is 9.88 Å². The molecule has 0 bridgehead atoms. The predicted octanol–water partition coefficient (Wildman–Crippen LogP) is 3.11. The van der Waals surface area contributed by atoms with Crippen LogP contribution < -0.4 is 5.56 Å². The van der Waals surface area contributed by atoms with Crippen molar-refractivity contribution in [1.82, 2.24) is 19.7 Å². The van der Waals surface area contributed by atoms with E-state index in [0.717, 1.165) is 31.2 Å². The number of rotatable bonds is 4. The number of fused-ring (bicyclic) bond motifs is 1. The third-order valence-corrected chi connectivity index (χ3v) is 4.90. The van der Waals surface area contributed by atoms with Gasteiger partial charge in [0.15, 0.2) is 0 Å². The Morgan fingerprint density at radius 3 is 2.96 bits per heavy atom. The summed E-state index contributed by atoms with van der Waals surface area (Å²) in [6.45, 7) is 6.95. The van der Waals surface area contributed by atoms with Crippen LogP contribution >= 0.6 is 0 Å². The number of aromatic amines is 1. The molecule has 0 radical (unpaired) electrons. The molecule has 1 N–H and O–H groups in total. The molecule has 25 heavy (non-hydrogen) atoms. The van der Waals surface area contributed by atoms with Crippen molar-refractivity contribution in [1.29, 1.82) is 0 Å². The van der Waals surface area contributed by atoms with Gasteiger partial charge in [0.05, 0.1) is 6.20 Å². The topological polar surface area (TPSA) is 71.0 Å². The highest BCUT2D eigenvalue weighted by molar-refractivity contribution is 5.92. The van der Waals surface area contributed by atoms with E-state index < -0.39 is 0 Å². The fourth-order valence-electron chi connectivity index (χ4n) is 3.51. The van der Waals surface area contributed by atoms with Crippen molar-refractivity contribution in [2.75, 3.05) is 6.54 Å². The molecule has 1 aliphatic rings. The van der Waals surface area contributed by atoms with E-state index in [9.17, 15) is 9.59 Å². The molecule has 0 aliphatic carbocycles. The standard InChI is InChI=1S/C19H26N4O2/c1-4-16-7-5-6-10-22(16)17(24)9-8-14-11-15-12-20-23(13(2)3)18(15)21-19(14)25/h8-9,11-13,16H,4-7,10H2,1-3H3,(H,21,25)/b9-8+/t16-/m0/s1. The minimum absolute atomic E-state index is 0.0103. The summed E-state index contributed by atoms with van der Waals surface area (Å²) in [7, 11) is 0. The number of hydrogen-bond acceptors (Lipinski definition) is 3. The molecule has 1 aliphatic heterocycles. The summed E-state index contributed by atoms with van der Waals surface area (Å²) in [6.07, 6.45) is 9.16. The van der Waals surface area contributed by atoms with Crippen LogP contribution in [-0.4, -0.2) is 38.2 Å². The van der Waals surface area contributed by atoms with Crippen molar-refractivity contribution in [2.45, 2.75) is 58.5 Å². The first kappa shape index (κ1) is 17.5. The van der Waals surface area contributed by atoms with Gasteiger partial charge >= 0.3 is 0 Å². The molecule has 2 aromatic heterocycles. The molecular weight excluding hydrogens is 316 g/mol. The van der Waals surface area contributed by atoms with E-state index in [1.54, 1.807) is 23.0 Å². The van der Waals surface area contributed by atoms with Crippen LogP contribution in [0.25, 0.3) is 17.1 Å². The van der Waals surface area contributed by atoms with E-state index in [1.807, 2.05) is 18.7 Å². The molecule has 3 heterocycles. The normalized spacial score (nSPS) is 18.6. The van der Waals surface area contributed by atoms with Gasteiger partial charge in [0.1, 0.15) is 5.65 Å². The lowest BCUT2D eigenvalue weighted by Crippen LogP contribution is -2.42. The maximum atomic E-state index is 12.5. The molecule has 1 atom stereocenters. The van der Waals surface area contributed by atoms with Gasteiger partial charge in [-0.05, 0) is 51.7 Å². The number of carbonyl (C=O) groups is 1. The number of carbonyl (C=O) groups excluding carboxylic acids is 1. The molecule has 1 saturated heterocycles. The number of H-pyrrole nitrogens is 1. The zero-order valence-corrected chi connectivity index (χ0v) is 15.2. The Balaban J connectivity index is 1.84. The van der Waals surface area contributed by atoms with Crippen LogP contribution in [0.15, 0.2) is 23.1 Å². The van der Waals surface area contributed by atoms with E-state index in [2.05, 4.69) is 17.0 Å². The van der Waals surface area contributed by atoms with E-state index in [-0.39, 0.29) is 17.5 Å². The molecule has 2 aromatic rings. The van der Waals surface area contributed by atoms with Crippen LogP contribution in [0, 0.1) is 0 Å². The predicted molar refractivity (Wildman–Crippen MR) is 99.4 cm³/mol. The zero-order valence-electron chi connectivity index (χ0n) is 15.2. The maximum absolute atomic E-state index is 12.5. The van der Waals surface area contributed by atoms with E-state index in [0.29, 0.717) is 17.3 Å². The van der Waals surface area contributed by atoms with Gasteiger partial charge in [0.2, 0.25) is 5.91 Å². The van der Waals surface area contributed by atoms with Crippen LogP contribution in [0.4, 0.5) is 0 Å². The molecule has 0 spiro atoms. The minimum atomic E-state index is -0.204. The first-order chi connectivity index (χ1) is 12.0. The molecular formula is C19H26N4O2. The third-order valence-electron chi connectivity index (χ3n) is 4.90. The highest BCUT2D eigenvalue weighted by atomic mass is 16.2. The molecule has 1 amide bonds. The van der Waals surface area contributed by atoms with Gasteiger partial charge in [-0.1, -0.05) is 6.92 Å². The Hall–Kier alpha value is -2.37. The minimum Gasteiger partial charge on any atom is -0.336 e. The van der Waals surface area contributed by atoms with Crippen LogP contribution in [-0.2, 0) is 4.79 Å². The summed E-state index contributed by atoms with van der Waals surface area (Å²) in [5.74, 6) is -0.0103. The molecule has 0 aromatic carbocycles. The van der Waals surface area contributed by atoms with Crippen molar-refractivity contribution in [3.63, 3.8) is 0 Å². The third kappa shape index (κ3) is 3.52. The molecule has 6 nitrogen and oxygen atoms in total. The largest absolute Gasteiger partial charge is 0.336 e. The number of nitrogens with one attached hydrogen (secondary N) is 1. The number of hydrogen-bond donors (Lipinski definition) is 1. The Morgan fingerprint density at radius 2 is 2.24 bits per heavy atom. The number of piperidine rings is 1. The Bertz CT molecular complexity index is 847. The maximum Gasteiger partial charge on any atom is 0.256 e. The lowest BCUT2D eigenvalue weighted by molar-refractivity contribution is -0.129. The number of pyridine rings is 1. The summed E-state index contributed by atoms with van der Waals surface area (Å²) in [6, 6.07) is 2.27. The Kier molecular flexibility index (Phi) is 5.06. The number of nitrogens with zero attached hydrogens (tertiary/aromatic N) is 3. The first-order valence-electron chi connectivity index (χ1n) is 9.10. The SMILES string of the molecule is CC[C@H]1CCCCN1C(=O)/C=C/c1cc2cnn(C(C)C)c2[nH]c1=O. The first-order valence-corrected chi connectivity index (χ1v) is 9.10. The molecule has 0 saturated carbocycles. The summed E-state index contributed by atoms with van der Waals surface area (Å²) in [4.78, 5) is 29.7. The van der Waals surface area contributed by atoms with E-state index in [1.165, 1.54) is 12.5 Å². The summed E-state index contributed by atoms with van der Waals surface area (Å²) in [5.41, 5.74) is 0.990. The van der Waals surface area contributed by atoms with Gasteiger partial charge in [0, 0.05) is 35.7 Å². The molecule has 0 unspecified atom stereocenters. The second-order valence-electron chi connectivity index (χ2n) is 6.96. The zero-order chi connectivity index (χ0) is 18.0. The number of aromatic nitrogens is 3. The molecule has 6 heteroatoms. The highest BCUT2D eigenvalue weighted by Crippen LogP contribution is 2.20. The van der Waals surface area contributed by atoms with Gasteiger partial charge in [-0.25, -0.2) is 4.68 Å². The second kappa shape index (κ2) is 7.25. The van der Waals surface area contributed by atoms with Crippen LogP contribution in [0.1, 0.15) is 58.1 Å². The highest BCUT2D eigenvalue weighted by Gasteiger charge is 2.23. The van der Waals surface area contributed by atoms with E-state index in [4.69, 9.17) is 0 Å². The van der Waals surface area contributed by atoms with Gasteiger partial charge in [-0.3, -0.25) is 9.59 Å². The Morgan fingerprint density at radius 1 is 1.44 bits per heavy atom. The van der Waals surface area contributed by atoms with Crippen LogP contribution in [0.5, 0.6) is 0 Å². The van der Waals surface area contributed by atoms with Crippen molar-refractivity contribution in [2.24, 2.45) is 0 Å². The van der Waals surface area contributed by atoms with Gasteiger partial charge in [0.25, 0.3) is 5.56 Å². The summed E-state index contributed by atoms with van der Waals surface area (Å²) < 4.78 is 1.79. The van der Waals surface area contributed by atoms with Crippen molar-refractivity contribution in [3.8, 4) is 0 Å². The fraction of sp³-hybridized carbons (Fsp3) is 0.526. The van der Waals surface area contributed by atoms with Crippen molar-refractivity contribution >= 4 is 23.0 Å². The van der Waals surface area contributed by atoms with Gasteiger partial charge in [-0.15, -0.1) is 0 Å². The van der Waals surface area contributed by atoms with E-state index >= 15 is 0 Å². The average molecular weight is 342 g/mol. The lowest BCUT2D eigenvalue weighted by atomic mass is 10.00. The molecule has 134 valence electrons. The molecule has 3 rings (SSSR count).